The van der Waals surface area contributed by atoms with Crippen LogP contribution >= 0.6 is 11.6 Å². The first kappa shape index (κ1) is 10.5. The van der Waals surface area contributed by atoms with Crippen molar-refractivity contribution in [2.45, 2.75) is 6.42 Å². The van der Waals surface area contributed by atoms with Gasteiger partial charge in [-0.3, -0.25) is 4.79 Å². The van der Waals surface area contributed by atoms with E-state index in [1.165, 1.54) is 0 Å². The van der Waals surface area contributed by atoms with E-state index in [4.69, 9.17) is 16.7 Å². The third kappa shape index (κ3) is 2.16. The zero-order valence-electron chi connectivity index (χ0n) is 8.24. The summed E-state index contributed by atoms with van der Waals surface area (Å²) in [7, 11) is 0. The maximum absolute atomic E-state index is 11.9. The molecule has 0 spiro atoms. The number of amides is 1. The normalized spacial score (nSPS) is 20.9. The average molecular weight is 229 g/mol. The molecule has 0 aliphatic carbocycles. The van der Waals surface area contributed by atoms with Crippen LogP contribution in [0.2, 0.25) is 5.02 Å². The number of nitrogens with one attached hydrogen (secondary N) is 1. The molecule has 1 aromatic heterocycles. The smallest absolute Gasteiger partial charge is 0.270 e. The van der Waals surface area contributed by atoms with E-state index in [9.17, 15) is 4.79 Å². The molecule has 1 amide bonds. The Balaban J connectivity index is 2.03. The van der Waals surface area contributed by atoms with E-state index in [-0.39, 0.29) is 18.4 Å². The molecular formula is C10H13ClN2O2. The van der Waals surface area contributed by atoms with Gasteiger partial charge in [0, 0.05) is 31.8 Å². The second-order valence-electron chi connectivity index (χ2n) is 3.82. The first-order valence-electron chi connectivity index (χ1n) is 4.94. The summed E-state index contributed by atoms with van der Waals surface area (Å²) in [6.07, 6.45) is 2.46. The van der Waals surface area contributed by atoms with Gasteiger partial charge < -0.3 is 15.0 Å². The number of aliphatic hydroxyl groups is 1. The first-order chi connectivity index (χ1) is 7.20. The van der Waals surface area contributed by atoms with Gasteiger partial charge in [0.15, 0.2) is 0 Å². The summed E-state index contributed by atoms with van der Waals surface area (Å²) in [5, 5.41) is 9.51. The van der Waals surface area contributed by atoms with Crippen LogP contribution in [0.3, 0.4) is 0 Å². The van der Waals surface area contributed by atoms with Gasteiger partial charge in [0.25, 0.3) is 5.91 Å². The summed E-state index contributed by atoms with van der Waals surface area (Å²) in [5.74, 6) is 0.178. The number of H-pyrrole nitrogens is 1. The molecule has 1 aliphatic heterocycles. The van der Waals surface area contributed by atoms with Crippen LogP contribution in [-0.4, -0.2) is 40.6 Å². The van der Waals surface area contributed by atoms with Crippen LogP contribution < -0.4 is 0 Å². The molecule has 2 N–H and O–H groups in total. The van der Waals surface area contributed by atoms with Gasteiger partial charge in [-0.2, -0.15) is 0 Å². The van der Waals surface area contributed by atoms with Gasteiger partial charge in [0.2, 0.25) is 0 Å². The summed E-state index contributed by atoms with van der Waals surface area (Å²) in [6, 6.07) is 1.62. The number of nitrogens with zero attached hydrogens (tertiary/aromatic N) is 1. The van der Waals surface area contributed by atoms with Gasteiger partial charge in [-0.25, -0.2) is 0 Å². The minimum Gasteiger partial charge on any atom is -0.396 e. The maximum atomic E-state index is 11.9. The molecule has 0 aromatic carbocycles. The number of carbonyl (C=O) groups is 1. The Hall–Kier alpha value is -1.00. The highest BCUT2D eigenvalue weighted by Crippen LogP contribution is 2.19. The summed E-state index contributed by atoms with van der Waals surface area (Å²) < 4.78 is 0. The number of aromatic nitrogens is 1. The van der Waals surface area contributed by atoms with E-state index in [1.54, 1.807) is 17.2 Å². The number of carbonyl (C=O) groups excluding carboxylic acids is 1. The molecule has 2 rings (SSSR count). The molecule has 0 bridgehead atoms. The molecule has 0 saturated carbocycles. The second-order valence-corrected chi connectivity index (χ2v) is 4.26. The topological polar surface area (TPSA) is 56.3 Å². The van der Waals surface area contributed by atoms with Gasteiger partial charge in [0.1, 0.15) is 5.69 Å². The average Bonchev–Trinajstić information content (AvgIpc) is 2.84. The molecule has 1 unspecified atom stereocenters. The Bertz CT molecular complexity index is 364. The molecule has 82 valence electrons. The number of hydrogen-bond acceptors (Lipinski definition) is 2. The standard InChI is InChI=1S/C10H13ClN2O2/c11-8-3-9(12-4-8)10(15)13-2-1-7(5-13)6-14/h3-4,7,12,14H,1-2,5-6H2. The SMILES string of the molecule is O=C(c1cc(Cl)c[nH]1)N1CCC(CO)C1. The van der Waals surface area contributed by atoms with Gasteiger partial charge in [-0.15, -0.1) is 0 Å². The van der Waals surface area contributed by atoms with Crippen LogP contribution in [0.15, 0.2) is 12.3 Å². The molecule has 15 heavy (non-hydrogen) atoms. The zero-order chi connectivity index (χ0) is 10.8. The predicted molar refractivity (Wildman–Crippen MR) is 56.9 cm³/mol. The number of aliphatic hydroxyl groups excluding tert-OH is 1. The molecule has 0 radical (unpaired) electrons. The highest BCUT2D eigenvalue weighted by Gasteiger charge is 2.26. The zero-order valence-corrected chi connectivity index (χ0v) is 9.00. The number of hydrogen-bond donors (Lipinski definition) is 2. The Morgan fingerprint density at radius 2 is 2.53 bits per heavy atom. The van der Waals surface area contributed by atoms with Crippen LogP contribution in [0.4, 0.5) is 0 Å². The van der Waals surface area contributed by atoms with Crippen LogP contribution in [-0.2, 0) is 0 Å². The van der Waals surface area contributed by atoms with E-state index in [1.807, 2.05) is 0 Å². The van der Waals surface area contributed by atoms with Crippen molar-refractivity contribution in [1.29, 1.82) is 0 Å². The van der Waals surface area contributed by atoms with Crippen LogP contribution in [0, 0.1) is 5.92 Å². The molecule has 4 nitrogen and oxygen atoms in total. The fraction of sp³-hybridized carbons (Fsp3) is 0.500. The third-order valence-corrected chi connectivity index (χ3v) is 2.93. The van der Waals surface area contributed by atoms with E-state index < -0.39 is 0 Å². The lowest BCUT2D eigenvalue weighted by Crippen LogP contribution is -2.29. The molecule has 1 saturated heterocycles. The van der Waals surface area contributed by atoms with Crippen molar-refractivity contribution < 1.29 is 9.90 Å². The number of rotatable bonds is 2. The molecule has 1 aromatic rings. The van der Waals surface area contributed by atoms with E-state index in [0.29, 0.717) is 23.8 Å². The van der Waals surface area contributed by atoms with Crippen LogP contribution in [0.25, 0.3) is 0 Å². The minimum absolute atomic E-state index is 0.0437. The number of halogens is 1. The van der Waals surface area contributed by atoms with Crippen molar-refractivity contribution in [3.63, 3.8) is 0 Å². The van der Waals surface area contributed by atoms with E-state index >= 15 is 0 Å². The van der Waals surface area contributed by atoms with Crippen molar-refractivity contribution in [2.24, 2.45) is 5.92 Å². The van der Waals surface area contributed by atoms with Gasteiger partial charge in [0.05, 0.1) is 5.02 Å². The summed E-state index contributed by atoms with van der Waals surface area (Å²) in [6.45, 7) is 1.49. The summed E-state index contributed by atoms with van der Waals surface area (Å²) >= 11 is 5.73. The minimum atomic E-state index is -0.0437. The molecule has 1 aliphatic rings. The molecule has 2 heterocycles. The predicted octanol–water partition coefficient (Wildman–Crippen LogP) is 1.12. The lowest BCUT2D eigenvalue weighted by molar-refractivity contribution is 0.0777. The highest BCUT2D eigenvalue weighted by molar-refractivity contribution is 6.30. The largest absolute Gasteiger partial charge is 0.396 e. The van der Waals surface area contributed by atoms with Gasteiger partial charge in [-0.1, -0.05) is 11.6 Å². The Kier molecular flexibility index (Phi) is 2.98. The fourth-order valence-corrected chi connectivity index (χ4v) is 1.99. The van der Waals surface area contributed by atoms with Gasteiger partial charge >= 0.3 is 0 Å². The quantitative estimate of drug-likeness (QED) is 0.797. The number of likely N-dealkylation sites (tertiary alicyclic amines) is 1. The second kappa shape index (κ2) is 4.24. The van der Waals surface area contributed by atoms with Crippen molar-refractivity contribution in [3.8, 4) is 0 Å². The Labute approximate surface area is 92.8 Å². The molecule has 5 heteroatoms. The number of aromatic amines is 1. The van der Waals surface area contributed by atoms with Crippen molar-refractivity contribution in [3.05, 3.63) is 23.0 Å². The monoisotopic (exact) mass is 228 g/mol. The lowest BCUT2D eigenvalue weighted by atomic mass is 10.1. The maximum Gasteiger partial charge on any atom is 0.270 e. The van der Waals surface area contributed by atoms with Crippen LogP contribution in [0.5, 0.6) is 0 Å². The molecule has 1 fully saturated rings. The third-order valence-electron chi connectivity index (χ3n) is 2.71. The van der Waals surface area contributed by atoms with Crippen molar-refractivity contribution in [2.75, 3.05) is 19.7 Å². The first-order valence-corrected chi connectivity index (χ1v) is 5.32. The summed E-state index contributed by atoms with van der Waals surface area (Å²) in [5.41, 5.74) is 0.513. The Morgan fingerprint density at radius 3 is 3.07 bits per heavy atom. The molecular weight excluding hydrogens is 216 g/mol. The fourth-order valence-electron chi connectivity index (χ4n) is 1.83. The summed E-state index contributed by atoms with van der Waals surface area (Å²) in [4.78, 5) is 16.4. The van der Waals surface area contributed by atoms with E-state index in [0.717, 1.165) is 6.42 Å². The molecule has 1 atom stereocenters. The van der Waals surface area contributed by atoms with Gasteiger partial charge in [-0.05, 0) is 12.5 Å². The highest BCUT2D eigenvalue weighted by atomic mass is 35.5. The Morgan fingerprint density at radius 1 is 1.73 bits per heavy atom. The van der Waals surface area contributed by atoms with Crippen LogP contribution in [0.1, 0.15) is 16.9 Å². The van der Waals surface area contributed by atoms with Crippen molar-refractivity contribution >= 4 is 17.5 Å². The lowest BCUT2D eigenvalue weighted by Gasteiger charge is -2.14. The van der Waals surface area contributed by atoms with Crippen molar-refractivity contribution in [1.82, 2.24) is 9.88 Å². The van der Waals surface area contributed by atoms with E-state index in [2.05, 4.69) is 4.98 Å².